The summed E-state index contributed by atoms with van der Waals surface area (Å²) in [5, 5.41) is 24.1. The minimum atomic E-state index is -0.604. The van der Waals surface area contributed by atoms with Crippen molar-refractivity contribution in [1.29, 1.82) is 10.5 Å². The lowest BCUT2D eigenvalue weighted by Gasteiger charge is -2.32. The van der Waals surface area contributed by atoms with Crippen LogP contribution in [0.1, 0.15) is 50.4 Å². The van der Waals surface area contributed by atoms with Crippen LogP contribution < -0.4 is 27.6 Å². The molecule has 1 saturated heterocycles. The van der Waals surface area contributed by atoms with Crippen LogP contribution in [-0.4, -0.2) is 29.3 Å². The van der Waals surface area contributed by atoms with Crippen molar-refractivity contribution in [3.63, 3.8) is 0 Å². The molecule has 0 aliphatic carbocycles. The highest BCUT2D eigenvalue weighted by Crippen LogP contribution is 2.41. The average Bonchev–Trinajstić information content (AvgIpc) is 3.10. The van der Waals surface area contributed by atoms with Crippen LogP contribution in [0.25, 0.3) is 11.1 Å². The second-order valence-electron chi connectivity index (χ2n) is 10.2. The topological polar surface area (TPSA) is 167 Å². The monoisotopic (exact) mass is 506 g/mol. The summed E-state index contributed by atoms with van der Waals surface area (Å²) in [6, 6.07) is 17.3. The number of nitrogens with one attached hydrogen (secondary N) is 2. The first-order chi connectivity index (χ1) is 18.0. The van der Waals surface area contributed by atoms with Gasteiger partial charge in [-0.1, -0.05) is 48.5 Å². The van der Waals surface area contributed by atoms with Crippen LogP contribution >= 0.6 is 0 Å². The Morgan fingerprint density at radius 2 is 1.68 bits per heavy atom. The van der Waals surface area contributed by atoms with Gasteiger partial charge in [-0.2, -0.15) is 10.5 Å². The smallest absolute Gasteiger partial charge is 0.399 e. The molecule has 1 unspecified atom stereocenters. The van der Waals surface area contributed by atoms with Gasteiger partial charge in [0.2, 0.25) is 5.96 Å². The molecule has 0 amide bonds. The number of nitrogen functional groups attached to an aromatic ring is 2. The first-order valence-electron chi connectivity index (χ1n) is 12.1. The van der Waals surface area contributed by atoms with Gasteiger partial charge in [-0.25, -0.2) is 9.98 Å². The normalized spacial score (nSPS) is 18.9. The summed E-state index contributed by atoms with van der Waals surface area (Å²) in [6.07, 6.45) is 1.85. The van der Waals surface area contributed by atoms with Crippen LogP contribution in [0.3, 0.4) is 0 Å². The SMILES string of the molecule is CC1(C)OB(c2cccc(-c3ccc(C4N=C(NC#N)Nc5nc(N)c(C#N)c(N)c54)cc3)c2)OC1(C)C. The lowest BCUT2D eigenvalue weighted by atomic mass is 9.78. The minimum absolute atomic E-state index is 0.00503. The predicted molar refractivity (Wildman–Crippen MR) is 147 cm³/mol. The van der Waals surface area contributed by atoms with Crippen LogP contribution in [0.2, 0.25) is 0 Å². The molecule has 0 radical (unpaired) electrons. The number of fused-ring (bicyclic) bond motifs is 1. The third-order valence-electron chi connectivity index (χ3n) is 7.33. The van der Waals surface area contributed by atoms with Crippen LogP contribution in [0.15, 0.2) is 53.5 Å². The molecule has 2 aliphatic heterocycles. The largest absolute Gasteiger partial charge is 0.494 e. The van der Waals surface area contributed by atoms with Gasteiger partial charge in [-0.15, -0.1) is 0 Å². The Bertz CT molecular complexity index is 1520. The molecule has 3 heterocycles. The number of pyridine rings is 1. The van der Waals surface area contributed by atoms with Crippen molar-refractivity contribution in [3.05, 3.63) is 65.2 Å². The van der Waals surface area contributed by atoms with E-state index in [0.29, 0.717) is 11.4 Å². The fraction of sp³-hybridized carbons (Fsp3) is 0.259. The number of guanidine groups is 1. The molecule has 5 rings (SSSR count). The van der Waals surface area contributed by atoms with Crippen molar-refractivity contribution in [2.75, 3.05) is 16.8 Å². The molecule has 38 heavy (non-hydrogen) atoms. The summed E-state index contributed by atoms with van der Waals surface area (Å²) < 4.78 is 12.4. The van der Waals surface area contributed by atoms with Crippen molar-refractivity contribution >= 4 is 35.9 Å². The Labute approximate surface area is 221 Å². The molecule has 11 heteroatoms. The van der Waals surface area contributed by atoms with Gasteiger partial charge in [0.25, 0.3) is 0 Å². The maximum Gasteiger partial charge on any atom is 0.494 e. The van der Waals surface area contributed by atoms with Crippen molar-refractivity contribution in [2.24, 2.45) is 4.99 Å². The molecule has 2 aliphatic rings. The van der Waals surface area contributed by atoms with Crippen molar-refractivity contribution < 1.29 is 9.31 Å². The number of anilines is 3. The standard InChI is InChI=1S/C27H27BN8O2/c1-26(2)27(3,4)38-28(37-26)18-7-5-6-17(12-18)15-8-10-16(11-9-15)22-20-21(31)19(13-29)23(32)35-24(20)36-25(34-22)33-14-30/h5-12,22H,1-4H3,(H6,31,32,33,34,35,36). The Balaban J connectivity index is 1.49. The Morgan fingerprint density at radius 3 is 2.32 bits per heavy atom. The van der Waals surface area contributed by atoms with E-state index in [4.69, 9.17) is 26.0 Å². The average molecular weight is 506 g/mol. The molecule has 1 atom stereocenters. The zero-order valence-corrected chi connectivity index (χ0v) is 21.5. The van der Waals surface area contributed by atoms with Gasteiger partial charge in [0.05, 0.1) is 16.9 Å². The van der Waals surface area contributed by atoms with E-state index < -0.39 is 24.4 Å². The highest BCUT2D eigenvalue weighted by Gasteiger charge is 2.51. The molecule has 3 aromatic rings. The van der Waals surface area contributed by atoms with E-state index in [1.807, 2.05) is 82.4 Å². The lowest BCUT2D eigenvalue weighted by Crippen LogP contribution is -2.41. The van der Waals surface area contributed by atoms with Crippen molar-refractivity contribution in [2.45, 2.75) is 44.9 Å². The van der Waals surface area contributed by atoms with Crippen molar-refractivity contribution in [1.82, 2.24) is 10.3 Å². The third-order valence-corrected chi connectivity index (χ3v) is 7.33. The predicted octanol–water partition coefficient (Wildman–Crippen LogP) is 3.03. The molecule has 1 aromatic heterocycles. The number of aliphatic imine (C=N–C) groups is 1. The van der Waals surface area contributed by atoms with Crippen LogP contribution in [0.5, 0.6) is 0 Å². The van der Waals surface area contributed by atoms with Gasteiger partial charge in [-0.05, 0) is 49.8 Å². The lowest BCUT2D eigenvalue weighted by molar-refractivity contribution is 0.00578. The summed E-state index contributed by atoms with van der Waals surface area (Å²) in [6.45, 7) is 8.13. The molecule has 0 spiro atoms. The summed E-state index contributed by atoms with van der Waals surface area (Å²) >= 11 is 0. The van der Waals surface area contributed by atoms with Gasteiger partial charge in [0, 0.05) is 5.56 Å². The molecule has 0 bridgehead atoms. The number of hydrogen-bond donors (Lipinski definition) is 4. The van der Waals surface area contributed by atoms with E-state index >= 15 is 0 Å². The Kier molecular flexibility index (Phi) is 5.99. The number of rotatable bonds is 3. The van der Waals surface area contributed by atoms with E-state index in [2.05, 4.69) is 26.7 Å². The highest BCUT2D eigenvalue weighted by molar-refractivity contribution is 6.62. The molecular weight excluding hydrogens is 479 g/mol. The summed E-state index contributed by atoms with van der Waals surface area (Å²) in [5.74, 6) is 0.557. The maximum absolute atomic E-state index is 9.54. The fourth-order valence-corrected chi connectivity index (χ4v) is 4.52. The van der Waals surface area contributed by atoms with Crippen LogP contribution in [0, 0.1) is 22.8 Å². The molecule has 10 nitrogen and oxygen atoms in total. The van der Waals surface area contributed by atoms with Gasteiger partial charge in [0.1, 0.15) is 29.3 Å². The Morgan fingerprint density at radius 1 is 1.00 bits per heavy atom. The van der Waals surface area contributed by atoms with E-state index in [0.717, 1.165) is 22.2 Å². The first kappa shape index (κ1) is 25.1. The third kappa shape index (κ3) is 4.18. The van der Waals surface area contributed by atoms with Crippen molar-refractivity contribution in [3.8, 4) is 23.4 Å². The van der Waals surface area contributed by atoms with E-state index in [-0.39, 0.29) is 23.0 Å². The zero-order valence-electron chi connectivity index (χ0n) is 21.5. The zero-order chi connectivity index (χ0) is 27.2. The minimum Gasteiger partial charge on any atom is -0.399 e. The number of benzene rings is 2. The second kappa shape index (κ2) is 9.07. The van der Waals surface area contributed by atoms with E-state index in [1.54, 1.807) is 0 Å². The quantitative estimate of drug-likeness (QED) is 0.237. The fourth-order valence-electron chi connectivity index (χ4n) is 4.52. The molecule has 2 aromatic carbocycles. The van der Waals surface area contributed by atoms with E-state index in [1.165, 1.54) is 0 Å². The first-order valence-corrected chi connectivity index (χ1v) is 12.1. The number of nitrogens with two attached hydrogens (primary N) is 2. The van der Waals surface area contributed by atoms with Crippen LogP contribution in [0.4, 0.5) is 17.3 Å². The summed E-state index contributed by atoms with van der Waals surface area (Å²) in [5.41, 5.74) is 16.0. The summed E-state index contributed by atoms with van der Waals surface area (Å²) in [4.78, 5) is 8.91. The maximum atomic E-state index is 9.54. The number of hydrogen-bond acceptors (Lipinski definition) is 10. The molecule has 1 fully saturated rings. The molecular formula is C27H27BN8O2. The van der Waals surface area contributed by atoms with Gasteiger partial charge < -0.3 is 26.1 Å². The molecule has 6 N–H and O–H groups in total. The number of nitrogens with zero attached hydrogens (tertiary/aromatic N) is 4. The highest BCUT2D eigenvalue weighted by atomic mass is 16.7. The second-order valence-corrected chi connectivity index (χ2v) is 10.2. The Hall–Kier alpha value is -4.58. The number of nitriles is 2. The molecule has 0 saturated carbocycles. The summed E-state index contributed by atoms with van der Waals surface area (Å²) in [7, 11) is -0.455. The van der Waals surface area contributed by atoms with Crippen LogP contribution in [-0.2, 0) is 9.31 Å². The van der Waals surface area contributed by atoms with E-state index in [9.17, 15) is 5.26 Å². The van der Waals surface area contributed by atoms with Gasteiger partial charge >= 0.3 is 7.12 Å². The van der Waals surface area contributed by atoms with Gasteiger partial charge in [-0.3, -0.25) is 5.32 Å². The number of aromatic nitrogens is 1. The molecule has 190 valence electrons. The van der Waals surface area contributed by atoms with Gasteiger partial charge in [0.15, 0.2) is 6.19 Å².